The Morgan fingerprint density at radius 1 is 0.759 bits per heavy atom. The summed E-state index contributed by atoms with van der Waals surface area (Å²) in [5.41, 5.74) is 2.32. The predicted molar refractivity (Wildman–Crippen MR) is 113 cm³/mol. The average Bonchev–Trinajstić information content (AvgIpc) is 2.77. The van der Waals surface area contributed by atoms with Crippen LogP contribution in [-0.4, -0.2) is 29.2 Å². The Labute approximate surface area is 172 Å². The highest BCUT2D eigenvalue weighted by molar-refractivity contribution is 7.91. The molecular formula is C23H25NO4S. The maximum atomic E-state index is 12.9. The Kier molecular flexibility index (Phi) is 6.90. The van der Waals surface area contributed by atoms with Crippen LogP contribution < -0.4 is 14.8 Å². The molecule has 0 saturated heterocycles. The number of ether oxygens (including phenoxy) is 2. The van der Waals surface area contributed by atoms with E-state index in [4.69, 9.17) is 9.47 Å². The Morgan fingerprint density at radius 3 is 2.07 bits per heavy atom. The first-order valence-corrected chi connectivity index (χ1v) is 10.8. The lowest BCUT2D eigenvalue weighted by atomic mass is 10.1. The lowest BCUT2D eigenvalue weighted by molar-refractivity contribution is 0.354. The van der Waals surface area contributed by atoms with Crippen LogP contribution in [0.5, 0.6) is 11.5 Å². The first-order valence-electron chi connectivity index (χ1n) is 9.35. The molecule has 0 amide bonds. The van der Waals surface area contributed by atoms with Crippen molar-refractivity contribution < 1.29 is 17.9 Å². The van der Waals surface area contributed by atoms with Crippen LogP contribution in [0.25, 0.3) is 0 Å². The largest absolute Gasteiger partial charge is 0.493 e. The molecule has 3 aromatic rings. The van der Waals surface area contributed by atoms with Crippen LogP contribution >= 0.6 is 0 Å². The van der Waals surface area contributed by atoms with Crippen LogP contribution in [0.15, 0.2) is 82.6 Å². The second kappa shape index (κ2) is 9.58. The van der Waals surface area contributed by atoms with Crippen molar-refractivity contribution in [2.75, 3.05) is 20.8 Å². The summed E-state index contributed by atoms with van der Waals surface area (Å²) < 4.78 is 36.2. The van der Waals surface area contributed by atoms with E-state index >= 15 is 0 Å². The zero-order valence-corrected chi connectivity index (χ0v) is 17.4. The van der Waals surface area contributed by atoms with Gasteiger partial charge in [0, 0.05) is 12.6 Å². The molecule has 0 unspecified atom stereocenters. The molecular weight excluding hydrogens is 386 g/mol. The van der Waals surface area contributed by atoms with Gasteiger partial charge in [0.05, 0.1) is 24.0 Å². The molecule has 1 N–H and O–H groups in total. The van der Waals surface area contributed by atoms with E-state index in [9.17, 15) is 8.42 Å². The standard InChI is InChI=1S/C23H25NO4S/c1-27-22-13-12-21(16-23(22)28-2)29(25,26)20-10-8-18(9-11-20)14-15-24-17-19-6-4-3-5-7-19/h3-13,16,24H,14-15,17H2,1-2H3. The first kappa shape index (κ1) is 20.9. The van der Waals surface area contributed by atoms with Crippen LogP contribution in [0.1, 0.15) is 11.1 Å². The zero-order valence-electron chi connectivity index (χ0n) is 16.6. The molecule has 29 heavy (non-hydrogen) atoms. The van der Waals surface area contributed by atoms with Gasteiger partial charge in [-0.15, -0.1) is 0 Å². The molecule has 6 heteroatoms. The van der Waals surface area contributed by atoms with Crippen molar-refractivity contribution in [1.82, 2.24) is 5.32 Å². The fourth-order valence-electron chi connectivity index (χ4n) is 3.02. The van der Waals surface area contributed by atoms with Gasteiger partial charge in [-0.1, -0.05) is 42.5 Å². The Morgan fingerprint density at radius 2 is 1.41 bits per heavy atom. The lowest BCUT2D eigenvalue weighted by Gasteiger charge is -2.11. The monoisotopic (exact) mass is 411 g/mol. The van der Waals surface area contributed by atoms with Gasteiger partial charge in [-0.2, -0.15) is 0 Å². The van der Waals surface area contributed by atoms with E-state index in [0.29, 0.717) is 11.5 Å². The molecule has 3 rings (SSSR count). The number of hydrogen-bond acceptors (Lipinski definition) is 5. The average molecular weight is 412 g/mol. The van der Waals surface area contributed by atoms with Crippen molar-refractivity contribution in [3.63, 3.8) is 0 Å². The molecule has 5 nitrogen and oxygen atoms in total. The molecule has 0 fully saturated rings. The number of sulfone groups is 1. The number of nitrogens with one attached hydrogen (secondary N) is 1. The molecule has 0 radical (unpaired) electrons. The van der Waals surface area contributed by atoms with E-state index in [1.54, 1.807) is 18.2 Å². The van der Waals surface area contributed by atoms with Gasteiger partial charge in [-0.05, 0) is 48.4 Å². The van der Waals surface area contributed by atoms with Crippen molar-refractivity contribution in [3.05, 3.63) is 83.9 Å². The molecule has 0 aromatic heterocycles. The third-order valence-electron chi connectivity index (χ3n) is 4.66. The van der Waals surface area contributed by atoms with E-state index < -0.39 is 9.84 Å². The van der Waals surface area contributed by atoms with Gasteiger partial charge >= 0.3 is 0 Å². The number of rotatable bonds is 9. The molecule has 0 atom stereocenters. The minimum Gasteiger partial charge on any atom is -0.493 e. The normalized spacial score (nSPS) is 11.2. The molecule has 3 aromatic carbocycles. The lowest BCUT2D eigenvalue weighted by Crippen LogP contribution is -2.16. The highest BCUT2D eigenvalue weighted by atomic mass is 32.2. The summed E-state index contributed by atoms with van der Waals surface area (Å²) in [6.07, 6.45) is 0.823. The van der Waals surface area contributed by atoms with Crippen LogP contribution in [0, 0.1) is 0 Å². The molecule has 0 aliphatic heterocycles. The number of benzene rings is 3. The highest BCUT2D eigenvalue weighted by Gasteiger charge is 2.19. The second-order valence-corrected chi connectivity index (χ2v) is 8.53. The van der Waals surface area contributed by atoms with Crippen molar-refractivity contribution in [2.45, 2.75) is 22.8 Å². The van der Waals surface area contributed by atoms with Crippen LogP contribution in [0.4, 0.5) is 0 Å². The van der Waals surface area contributed by atoms with Crippen LogP contribution in [0.3, 0.4) is 0 Å². The molecule has 0 bridgehead atoms. The summed E-state index contributed by atoms with van der Waals surface area (Å²) in [4.78, 5) is 0.429. The van der Waals surface area contributed by atoms with Crippen molar-refractivity contribution in [2.24, 2.45) is 0 Å². The van der Waals surface area contributed by atoms with Crippen molar-refractivity contribution in [3.8, 4) is 11.5 Å². The quantitative estimate of drug-likeness (QED) is 0.542. The minimum absolute atomic E-state index is 0.174. The Hall–Kier alpha value is -2.83. The SMILES string of the molecule is COc1ccc(S(=O)(=O)c2ccc(CCNCc3ccccc3)cc2)cc1OC. The fraction of sp³-hybridized carbons (Fsp3) is 0.217. The summed E-state index contributed by atoms with van der Waals surface area (Å²) in [7, 11) is -0.631. The van der Waals surface area contributed by atoms with Crippen LogP contribution in [0.2, 0.25) is 0 Å². The molecule has 0 heterocycles. The van der Waals surface area contributed by atoms with Gasteiger partial charge in [0.15, 0.2) is 11.5 Å². The van der Waals surface area contributed by atoms with E-state index in [0.717, 1.165) is 25.1 Å². The molecule has 0 aliphatic rings. The summed E-state index contributed by atoms with van der Waals surface area (Å²) in [6.45, 7) is 1.63. The van der Waals surface area contributed by atoms with Gasteiger partial charge in [0.1, 0.15) is 0 Å². The number of hydrogen-bond donors (Lipinski definition) is 1. The molecule has 0 saturated carbocycles. The van der Waals surface area contributed by atoms with Crippen molar-refractivity contribution >= 4 is 9.84 Å². The zero-order chi connectivity index (χ0) is 20.7. The van der Waals surface area contributed by atoms with Gasteiger partial charge < -0.3 is 14.8 Å². The Balaban J connectivity index is 1.64. The molecule has 152 valence electrons. The predicted octanol–water partition coefficient (Wildman–Crippen LogP) is 3.87. The molecule has 0 aliphatic carbocycles. The van der Waals surface area contributed by atoms with Crippen LogP contribution in [-0.2, 0) is 22.8 Å². The maximum absolute atomic E-state index is 12.9. The van der Waals surface area contributed by atoms with E-state index in [1.165, 1.54) is 31.9 Å². The fourth-order valence-corrected chi connectivity index (χ4v) is 4.29. The Bertz CT molecular complexity index is 1030. The first-order chi connectivity index (χ1) is 14.0. The summed E-state index contributed by atoms with van der Waals surface area (Å²) in [6, 6.07) is 21.8. The summed E-state index contributed by atoms with van der Waals surface area (Å²) in [5, 5.41) is 3.40. The minimum atomic E-state index is -3.63. The van der Waals surface area contributed by atoms with Gasteiger partial charge in [0.25, 0.3) is 0 Å². The van der Waals surface area contributed by atoms with Gasteiger partial charge in [-0.3, -0.25) is 0 Å². The third-order valence-corrected chi connectivity index (χ3v) is 6.43. The summed E-state index contributed by atoms with van der Waals surface area (Å²) in [5.74, 6) is 0.875. The van der Waals surface area contributed by atoms with Gasteiger partial charge in [0.2, 0.25) is 9.84 Å². The highest BCUT2D eigenvalue weighted by Crippen LogP contribution is 2.31. The maximum Gasteiger partial charge on any atom is 0.206 e. The van der Waals surface area contributed by atoms with E-state index in [1.807, 2.05) is 30.3 Å². The smallest absolute Gasteiger partial charge is 0.206 e. The van der Waals surface area contributed by atoms with Gasteiger partial charge in [-0.25, -0.2) is 8.42 Å². The second-order valence-electron chi connectivity index (χ2n) is 6.58. The van der Waals surface area contributed by atoms with E-state index in [2.05, 4.69) is 17.4 Å². The third kappa shape index (κ3) is 5.16. The molecule has 0 spiro atoms. The van der Waals surface area contributed by atoms with E-state index in [-0.39, 0.29) is 9.79 Å². The topological polar surface area (TPSA) is 64.6 Å². The summed E-state index contributed by atoms with van der Waals surface area (Å²) >= 11 is 0. The van der Waals surface area contributed by atoms with Crippen molar-refractivity contribution in [1.29, 1.82) is 0 Å². The number of methoxy groups -OCH3 is 2.